The van der Waals surface area contributed by atoms with Gasteiger partial charge in [0.25, 0.3) is 0 Å². The molecular formula is C20H33N. The number of allylic oxidation sites excluding steroid dienone is 1. The lowest BCUT2D eigenvalue weighted by Gasteiger charge is -2.10. The van der Waals surface area contributed by atoms with E-state index in [9.17, 15) is 0 Å². The second-order valence-electron chi connectivity index (χ2n) is 5.93. The summed E-state index contributed by atoms with van der Waals surface area (Å²) >= 11 is 0. The van der Waals surface area contributed by atoms with Gasteiger partial charge in [-0.1, -0.05) is 78.2 Å². The van der Waals surface area contributed by atoms with Crippen LogP contribution in [0.2, 0.25) is 0 Å². The second kappa shape index (κ2) is 9.55. The van der Waals surface area contributed by atoms with Gasteiger partial charge in [0.15, 0.2) is 0 Å². The van der Waals surface area contributed by atoms with Gasteiger partial charge in [-0.05, 0) is 25.5 Å². The Labute approximate surface area is 132 Å². The maximum Gasteiger partial charge on any atom is 0.0727 e. The molecule has 2 rings (SSSR count). The van der Waals surface area contributed by atoms with Crippen molar-refractivity contribution in [3.05, 3.63) is 34.9 Å². The van der Waals surface area contributed by atoms with E-state index < -0.39 is 0 Å². The van der Waals surface area contributed by atoms with E-state index in [2.05, 4.69) is 70.8 Å². The van der Waals surface area contributed by atoms with Crippen molar-refractivity contribution in [1.82, 2.24) is 0 Å². The van der Waals surface area contributed by atoms with E-state index in [1.807, 2.05) is 20.1 Å². The number of aliphatic imine (C=N–C) groups is 1. The number of aryl methyl sites for hydroxylation is 2. The van der Waals surface area contributed by atoms with Crippen LogP contribution in [0, 0.1) is 19.3 Å². The Hall–Kier alpha value is -1.37. The van der Waals surface area contributed by atoms with Crippen molar-refractivity contribution < 1.29 is 0 Å². The van der Waals surface area contributed by atoms with Gasteiger partial charge in [0.1, 0.15) is 0 Å². The number of hydrogen-bond donors (Lipinski definition) is 0. The Morgan fingerprint density at radius 2 is 1.57 bits per heavy atom. The van der Waals surface area contributed by atoms with Crippen LogP contribution in [0.15, 0.2) is 23.2 Å². The van der Waals surface area contributed by atoms with E-state index in [0.717, 1.165) is 5.69 Å². The standard InChI is InChI=1S/C14H17N.C4H10.C2H6/c1-10-7-11(2)13-12(8-10)5-6-14(3,4)9-15-13;1-3-4-2;1-2/h5-9H,1-4H3;3-4H2,1-2H3;1-2H3. The summed E-state index contributed by atoms with van der Waals surface area (Å²) in [6.07, 6.45) is 9.06. The molecule has 0 spiro atoms. The monoisotopic (exact) mass is 287 g/mol. The van der Waals surface area contributed by atoms with Crippen LogP contribution >= 0.6 is 0 Å². The molecule has 1 aliphatic heterocycles. The molecule has 1 heteroatoms. The fourth-order valence-electron chi connectivity index (χ4n) is 1.87. The fourth-order valence-corrected chi connectivity index (χ4v) is 1.87. The summed E-state index contributed by atoms with van der Waals surface area (Å²) in [7, 11) is 0. The van der Waals surface area contributed by atoms with Gasteiger partial charge in [0.05, 0.1) is 5.69 Å². The lowest BCUT2D eigenvalue weighted by atomic mass is 9.94. The zero-order chi connectivity index (χ0) is 16.5. The van der Waals surface area contributed by atoms with E-state index in [0.29, 0.717) is 0 Å². The van der Waals surface area contributed by atoms with Crippen LogP contribution in [-0.2, 0) is 0 Å². The SMILES string of the molecule is CC.CCCC.Cc1cc(C)c2c(c1)C=CC(C)(C)C=N2. The molecule has 21 heavy (non-hydrogen) atoms. The highest BCUT2D eigenvalue weighted by Gasteiger charge is 2.14. The number of unbranched alkanes of at least 4 members (excludes halogenated alkanes) is 1. The van der Waals surface area contributed by atoms with Crippen LogP contribution in [-0.4, -0.2) is 6.21 Å². The van der Waals surface area contributed by atoms with Crippen LogP contribution in [0.3, 0.4) is 0 Å². The molecule has 0 saturated carbocycles. The minimum Gasteiger partial charge on any atom is -0.259 e. The summed E-state index contributed by atoms with van der Waals surface area (Å²) in [5, 5.41) is 0. The summed E-state index contributed by atoms with van der Waals surface area (Å²) in [5.74, 6) is 0. The summed E-state index contributed by atoms with van der Waals surface area (Å²) < 4.78 is 0. The van der Waals surface area contributed by atoms with Crippen LogP contribution < -0.4 is 0 Å². The summed E-state index contributed by atoms with van der Waals surface area (Å²) in [5.41, 5.74) is 4.95. The van der Waals surface area contributed by atoms with Crippen molar-refractivity contribution in [3.63, 3.8) is 0 Å². The van der Waals surface area contributed by atoms with E-state index in [4.69, 9.17) is 0 Å². The van der Waals surface area contributed by atoms with E-state index in [1.54, 1.807) is 0 Å². The maximum absolute atomic E-state index is 4.59. The average Bonchev–Trinajstić information content (AvgIpc) is 2.61. The number of nitrogens with zero attached hydrogens (tertiary/aromatic N) is 1. The first-order chi connectivity index (χ1) is 9.89. The molecule has 118 valence electrons. The molecule has 1 aromatic rings. The molecule has 0 aliphatic carbocycles. The topological polar surface area (TPSA) is 12.4 Å². The Kier molecular flexibility index (Phi) is 8.92. The molecular weight excluding hydrogens is 254 g/mol. The Bertz CT molecular complexity index is 477. The third-order valence-corrected chi connectivity index (χ3v) is 3.19. The van der Waals surface area contributed by atoms with Crippen molar-refractivity contribution in [2.24, 2.45) is 10.4 Å². The first-order valence-electron chi connectivity index (χ1n) is 8.25. The van der Waals surface area contributed by atoms with Gasteiger partial charge in [-0.15, -0.1) is 0 Å². The summed E-state index contributed by atoms with van der Waals surface area (Å²) in [4.78, 5) is 4.59. The number of benzene rings is 1. The first kappa shape index (κ1) is 19.6. The van der Waals surface area contributed by atoms with Crippen molar-refractivity contribution in [2.75, 3.05) is 0 Å². The van der Waals surface area contributed by atoms with Crippen LogP contribution in [0.1, 0.15) is 71.1 Å². The Morgan fingerprint density at radius 3 is 2.10 bits per heavy atom. The molecule has 0 bridgehead atoms. The number of fused-ring (bicyclic) bond motifs is 1. The van der Waals surface area contributed by atoms with Crippen molar-refractivity contribution in [2.45, 2.75) is 68.2 Å². The quantitative estimate of drug-likeness (QED) is 0.533. The summed E-state index contributed by atoms with van der Waals surface area (Å²) in [6.45, 7) is 16.9. The molecule has 0 saturated heterocycles. The molecule has 0 aromatic heterocycles. The molecule has 0 N–H and O–H groups in total. The van der Waals surface area contributed by atoms with E-state index in [-0.39, 0.29) is 5.41 Å². The lowest BCUT2D eigenvalue weighted by molar-refractivity contribution is 0.699. The first-order valence-corrected chi connectivity index (χ1v) is 8.25. The van der Waals surface area contributed by atoms with Gasteiger partial charge in [0.2, 0.25) is 0 Å². The van der Waals surface area contributed by atoms with Crippen molar-refractivity contribution in [1.29, 1.82) is 0 Å². The van der Waals surface area contributed by atoms with Gasteiger partial charge >= 0.3 is 0 Å². The second-order valence-corrected chi connectivity index (χ2v) is 5.93. The highest BCUT2D eigenvalue weighted by atomic mass is 14.7. The van der Waals surface area contributed by atoms with Gasteiger partial charge in [-0.3, -0.25) is 4.99 Å². The maximum atomic E-state index is 4.59. The molecule has 1 aliphatic rings. The molecule has 0 fully saturated rings. The molecule has 0 atom stereocenters. The molecule has 1 aromatic carbocycles. The van der Waals surface area contributed by atoms with Gasteiger partial charge in [-0.25, -0.2) is 0 Å². The van der Waals surface area contributed by atoms with Crippen LogP contribution in [0.4, 0.5) is 5.69 Å². The van der Waals surface area contributed by atoms with E-state index >= 15 is 0 Å². The third-order valence-electron chi connectivity index (χ3n) is 3.19. The van der Waals surface area contributed by atoms with Crippen molar-refractivity contribution >= 4 is 18.0 Å². The Morgan fingerprint density at radius 1 is 1.00 bits per heavy atom. The molecule has 1 nitrogen and oxygen atoms in total. The zero-order valence-corrected chi connectivity index (χ0v) is 15.2. The molecule has 0 amide bonds. The largest absolute Gasteiger partial charge is 0.259 e. The zero-order valence-electron chi connectivity index (χ0n) is 15.2. The predicted octanol–water partition coefficient (Wildman–Crippen LogP) is 6.89. The normalized spacial score (nSPS) is 14.1. The smallest absolute Gasteiger partial charge is 0.0727 e. The third kappa shape index (κ3) is 6.75. The van der Waals surface area contributed by atoms with Gasteiger partial charge in [-0.2, -0.15) is 0 Å². The highest BCUT2D eigenvalue weighted by Crippen LogP contribution is 2.31. The molecule has 0 unspecified atom stereocenters. The molecule has 1 heterocycles. The van der Waals surface area contributed by atoms with Crippen LogP contribution in [0.5, 0.6) is 0 Å². The fraction of sp³-hybridized carbons (Fsp3) is 0.550. The van der Waals surface area contributed by atoms with E-state index in [1.165, 1.54) is 29.5 Å². The highest BCUT2D eigenvalue weighted by molar-refractivity contribution is 5.81. The predicted molar refractivity (Wildman–Crippen MR) is 98.8 cm³/mol. The van der Waals surface area contributed by atoms with Gasteiger partial charge < -0.3 is 0 Å². The van der Waals surface area contributed by atoms with Crippen molar-refractivity contribution in [3.8, 4) is 0 Å². The van der Waals surface area contributed by atoms with Crippen LogP contribution in [0.25, 0.3) is 6.08 Å². The summed E-state index contributed by atoms with van der Waals surface area (Å²) in [6, 6.07) is 4.37. The molecule has 0 radical (unpaired) electrons. The Balaban J connectivity index is 0.000000579. The average molecular weight is 287 g/mol. The minimum atomic E-state index is 0.0549. The number of rotatable bonds is 1. The lowest BCUT2D eigenvalue weighted by Crippen LogP contribution is -2.07. The van der Waals surface area contributed by atoms with Gasteiger partial charge in [0, 0.05) is 17.2 Å². The number of hydrogen-bond acceptors (Lipinski definition) is 1. The minimum absolute atomic E-state index is 0.0549.